The van der Waals surface area contributed by atoms with Gasteiger partial charge in [0.25, 0.3) is 0 Å². The minimum Gasteiger partial charge on any atom is -0.374 e. The lowest BCUT2D eigenvalue weighted by molar-refractivity contribution is -0.137. The number of alkyl halides is 3. The number of rotatable bonds is 3. The van der Waals surface area contributed by atoms with Gasteiger partial charge in [-0.05, 0) is 48.7 Å². The third-order valence-corrected chi connectivity index (χ3v) is 5.70. The van der Waals surface area contributed by atoms with Gasteiger partial charge in [-0.25, -0.2) is 15.0 Å². The first-order valence-corrected chi connectivity index (χ1v) is 10.3. The number of hydrogen-bond acceptors (Lipinski definition) is 5. The number of fused-ring (bicyclic) bond motifs is 2. The van der Waals surface area contributed by atoms with E-state index >= 15 is 0 Å². The Morgan fingerprint density at radius 3 is 2.69 bits per heavy atom. The number of aromatic nitrogens is 3. The lowest BCUT2D eigenvalue weighted by atomic mass is 10.0. The molecule has 1 aliphatic heterocycles. The molecule has 4 aromatic rings. The number of aryl methyl sites for hydroxylation is 1. The molecule has 0 bridgehead atoms. The van der Waals surface area contributed by atoms with Gasteiger partial charge in [0.15, 0.2) is 5.65 Å². The highest BCUT2D eigenvalue weighted by molar-refractivity contribution is 5.90. The average Bonchev–Trinajstić information content (AvgIpc) is 2.79. The van der Waals surface area contributed by atoms with Crippen LogP contribution in [0.3, 0.4) is 0 Å². The number of pyridine rings is 1. The van der Waals surface area contributed by atoms with Crippen molar-refractivity contribution in [3.05, 3.63) is 72.1 Å². The van der Waals surface area contributed by atoms with Crippen LogP contribution in [-0.4, -0.2) is 28.5 Å². The molecule has 0 saturated carbocycles. The summed E-state index contributed by atoms with van der Waals surface area (Å²) in [7, 11) is 2.08. The SMILES string of the molecule is CN1CCCc2ccc(Nc3ncnc4nc(-c5ccccc5C(F)(F)F)ccc34)cc21. The number of nitrogens with zero attached hydrogens (tertiary/aromatic N) is 4. The molecule has 3 heterocycles. The Labute approximate surface area is 183 Å². The lowest BCUT2D eigenvalue weighted by Crippen LogP contribution is -2.24. The number of benzene rings is 2. The average molecular weight is 435 g/mol. The first-order chi connectivity index (χ1) is 15.4. The Hall–Kier alpha value is -3.68. The van der Waals surface area contributed by atoms with E-state index in [-0.39, 0.29) is 11.3 Å². The number of anilines is 3. The second-order valence-corrected chi connectivity index (χ2v) is 7.83. The van der Waals surface area contributed by atoms with E-state index in [9.17, 15) is 13.2 Å². The maximum absolute atomic E-state index is 13.4. The van der Waals surface area contributed by atoms with Crippen LogP contribution in [0.4, 0.5) is 30.4 Å². The topological polar surface area (TPSA) is 53.9 Å². The molecule has 0 spiro atoms. The maximum Gasteiger partial charge on any atom is 0.417 e. The highest BCUT2D eigenvalue weighted by atomic mass is 19.4. The van der Waals surface area contributed by atoms with Crippen molar-refractivity contribution in [1.82, 2.24) is 15.0 Å². The Morgan fingerprint density at radius 2 is 1.84 bits per heavy atom. The smallest absolute Gasteiger partial charge is 0.374 e. The molecule has 162 valence electrons. The van der Waals surface area contributed by atoms with Crippen LogP contribution < -0.4 is 10.2 Å². The molecular weight excluding hydrogens is 415 g/mol. The summed E-state index contributed by atoms with van der Waals surface area (Å²) in [5.74, 6) is 0.552. The molecular formula is C24H20F3N5. The summed E-state index contributed by atoms with van der Waals surface area (Å²) in [6.45, 7) is 1.01. The summed E-state index contributed by atoms with van der Waals surface area (Å²) < 4.78 is 40.3. The Morgan fingerprint density at radius 1 is 1.00 bits per heavy atom. The lowest BCUT2D eigenvalue weighted by Gasteiger charge is -2.28. The molecule has 2 aromatic heterocycles. The molecule has 0 unspecified atom stereocenters. The molecule has 5 rings (SSSR count). The monoisotopic (exact) mass is 435 g/mol. The van der Waals surface area contributed by atoms with Crippen LogP contribution in [0, 0.1) is 0 Å². The van der Waals surface area contributed by atoms with E-state index in [0.717, 1.165) is 31.1 Å². The summed E-state index contributed by atoms with van der Waals surface area (Å²) in [5.41, 5.74) is 3.21. The summed E-state index contributed by atoms with van der Waals surface area (Å²) in [6.07, 6.45) is -0.909. The number of halogens is 3. The highest BCUT2D eigenvalue weighted by Crippen LogP contribution is 2.37. The molecule has 5 nitrogen and oxygen atoms in total. The first-order valence-electron chi connectivity index (χ1n) is 10.3. The van der Waals surface area contributed by atoms with E-state index < -0.39 is 11.7 Å². The molecule has 1 aliphatic rings. The second kappa shape index (κ2) is 7.78. The van der Waals surface area contributed by atoms with Crippen molar-refractivity contribution >= 4 is 28.2 Å². The minimum absolute atomic E-state index is 0.0211. The van der Waals surface area contributed by atoms with Gasteiger partial charge >= 0.3 is 6.18 Å². The van der Waals surface area contributed by atoms with Gasteiger partial charge in [0.1, 0.15) is 12.1 Å². The van der Waals surface area contributed by atoms with E-state index in [2.05, 4.69) is 44.3 Å². The van der Waals surface area contributed by atoms with Gasteiger partial charge in [-0.2, -0.15) is 13.2 Å². The van der Waals surface area contributed by atoms with E-state index in [1.54, 1.807) is 18.2 Å². The molecule has 2 aromatic carbocycles. The largest absolute Gasteiger partial charge is 0.417 e. The quantitative estimate of drug-likeness (QED) is 0.438. The van der Waals surface area contributed by atoms with E-state index in [1.807, 2.05) is 6.07 Å². The molecule has 0 fully saturated rings. The highest BCUT2D eigenvalue weighted by Gasteiger charge is 2.33. The van der Waals surface area contributed by atoms with Crippen LogP contribution in [0.25, 0.3) is 22.3 Å². The standard InChI is InChI=1S/C24H20F3N5/c1-32-12-4-5-15-8-9-16(13-21(15)32)30-22-18-10-11-20(31-23(18)29-14-28-22)17-6-2-3-7-19(17)24(25,26)27/h2-3,6-11,13-14H,4-5,12H2,1H3,(H,28,29,30,31). The molecule has 0 saturated heterocycles. The maximum atomic E-state index is 13.4. The number of hydrogen-bond donors (Lipinski definition) is 1. The van der Waals surface area contributed by atoms with Crippen molar-refractivity contribution in [1.29, 1.82) is 0 Å². The second-order valence-electron chi connectivity index (χ2n) is 7.83. The molecule has 0 aliphatic carbocycles. The number of nitrogens with one attached hydrogen (secondary N) is 1. The van der Waals surface area contributed by atoms with Gasteiger partial charge in [-0.15, -0.1) is 0 Å². The van der Waals surface area contributed by atoms with Gasteiger partial charge in [-0.3, -0.25) is 0 Å². The zero-order chi connectivity index (χ0) is 22.3. The van der Waals surface area contributed by atoms with Crippen LogP contribution >= 0.6 is 0 Å². The Balaban J connectivity index is 1.52. The summed E-state index contributed by atoms with van der Waals surface area (Å²) in [5, 5.41) is 3.95. The zero-order valence-electron chi connectivity index (χ0n) is 17.3. The summed E-state index contributed by atoms with van der Waals surface area (Å²) >= 11 is 0. The fraction of sp³-hybridized carbons (Fsp3) is 0.208. The molecule has 32 heavy (non-hydrogen) atoms. The van der Waals surface area contributed by atoms with Crippen molar-refractivity contribution in [3.8, 4) is 11.3 Å². The predicted octanol–water partition coefficient (Wildman–Crippen LogP) is 5.84. The third kappa shape index (κ3) is 3.72. The third-order valence-electron chi connectivity index (χ3n) is 5.70. The Kier molecular flexibility index (Phi) is 4.92. The van der Waals surface area contributed by atoms with Crippen molar-refractivity contribution in [2.45, 2.75) is 19.0 Å². The van der Waals surface area contributed by atoms with Gasteiger partial charge in [0, 0.05) is 30.5 Å². The molecule has 0 amide bonds. The van der Waals surface area contributed by atoms with Crippen molar-refractivity contribution in [2.75, 3.05) is 23.8 Å². The van der Waals surface area contributed by atoms with Crippen molar-refractivity contribution in [3.63, 3.8) is 0 Å². The van der Waals surface area contributed by atoms with E-state index in [1.165, 1.54) is 29.7 Å². The van der Waals surface area contributed by atoms with Gasteiger partial charge < -0.3 is 10.2 Å². The van der Waals surface area contributed by atoms with Crippen molar-refractivity contribution < 1.29 is 13.2 Å². The predicted molar refractivity (Wildman–Crippen MR) is 119 cm³/mol. The van der Waals surface area contributed by atoms with Crippen LogP contribution in [0.15, 0.2) is 60.9 Å². The summed E-state index contributed by atoms with van der Waals surface area (Å²) in [4.78, 5) is 15.2. The van der Waals surface area contributed by atoms with Crippen LogP contribution in [0.5, 0.6) is 0 Å². The van der Waals surface area contributed by atoms with Crippen LogP contribution in [-0.2, 0) is 12.6 Å². The fourth-order valence-electron chi connectivity index (χ4n) is 4.12. The molecule has 1 N–H and O–H groups in total. The van der Waals surface area contributed by atoms with Gasteiger partial charge in [0.05, 0.1) is 16.6 Å². The van der Waals surface area contributed by atoms with E-state index in [4.69, 9.17) is 0 Å². The van der Waals surface area contributed by atoms with Crippen LogP contribution in [0.2, 0.25) is 0 Å². The van der Waals surface area contributed by atoms with Gasteiger partial charge in [-0.1, -0.05) is 24.3 Å². The van der Waals surface area contributed by atoms with Crippen molar-refractivity contribution in [2.24, 2.45) is 0 Å². The normalized spacial score (nSPS) is 13.8. The van der Waals surface area contributed by atoms with Gasteiger partial charge in [0.2, 0.25) is 0 Å². The first kappa shape index (κ1) is 20.2. The zero-order valence-corrected chi connectivity index (χ0v) is 17.3. The minimum atomic E-state index is -4.47. The molecule has 8 heteroatoms. The van der Waals surface area contributed by atoms with E-state index in [0.29, 0.717) is 16.9 Å². The molecule has 0 radical (unpaired) electrons. The summed E-state index contributed by atoms with van der Waals surface area (Å²) in [6, 6.07) is 14.9. The molecule has 0 atom stereocenters. The fourth-order valence-corrected chi connectivity index (χ4v) is 4.12. The van der Waals surface area contributed by atoms with Crippen LogP contribution in [0.1, 0.15) is 17.5 Å². The Bertz CT molecular complexity index is 1300.